The van der Waals surface area contributed by atoms with Crippen molar-refractivity contribution < 1.29 is 27.5 Å². The monoisotopic (exact) mass is 494 g/mol. The summed E-state index contributed by atoms with van der Waals surface area (Å²) in [5, 5.41) is 3.14. The summed E-state index contributed by atoms with van der Waals surface area (Å²) < 4.78 is 44.4. The molecule has 0 bridgehead atoms. The Bertz CT molecular complexity index is 1140. The summed E-state index contributed by atoms with van der Waals surface area (Å²) in [5.41, 5.74) is 1.90. The lowest BCUT2D eigenvalue weighted by atomic mass is 10.1. The predicted octanol–water partition coefficient (Wildman–Crippen LogP) is 4.73. The molecule has 0 aliphatic carbocycles. The molecule has 3 aromatic rings. The number of amides is 1. The third-order valence-electron chi connectivity index (χ3n) is 4.89. The largest absolute Gasteiger partial charge is 0.462 e. The molecule has 1 amide bonds. The van der Waals surface area contributed by atoms with E-state index in [4.69, 9.17) is 4.74 Å². The number of halogens is 3. The van der Waals surface area contributed by atoms with Gasteiger partial charge >= 0.3 is 12.1 Å². The van der Waals surface area contributed by atoms with Crippen LogP contribution in [0.4, 0.5) is 18.2 Å². The van der Waals surface area contributed by atoms with Crippen LogP contribution in [-0.4, -0.2) is 52.7 Å². The number of carbonyl (C=O) groups is 2. The van der Waals surface area contributed by atoms with Crippen molar-refractivity contribution in [1.82, 2.24) is 14.5 Å². The van der Waals surface area contributed by atoms with E-state index in [0.29, 0.717) is 16.1 Å². The number of esters is 1. The molecule has 0 atom stereocenters. The Morgan fingerprint density at radius 3 is 2.59 bits per heavy atom. The van der Waals surface area contributed by atoms with Gasteiger partial charge in [-0.2, -0.15) is 13.2 Å². The average molecular weight is 495 g/mol. The summed E-state index contributed by atoms with van der Waals surface area (Å²) in [6, 6.07) is 9.48. The van der Waals surface area contributed by atoms with Gasteiger partial charge in [-0.1, -0.05) is 30.3 Å². The van der Waals surface area contributed by atoms with Crippen molar-refractivity contribution >= 4 is 28.2 Å². The number of aromatic nitrogens is 2. The van der Waals surface area contributed by atoms with Gasteiger partial charge in [0.05, 0.1) is 25.3 Å². The molecule has 0 aliphatic rings. The molecular weight excluding hydrogens is 469 g/mol. The first-order chi connectivity index (χ1) is 16.1. The Labute approximate surface area is 199 Å². The maximum Gasteiger partial charge on any atom is 0.406 e. The number of anilines is 1. The number of hydrogen-bond acceptors (Lipinski definition) is 6. The lowest BCUT2D eigenvalue weighted by Crippen LogP contribution is -2.31. The van der Waals surface area contributed by atoms with Crippen LogP contribution in [0, 0.1) is 6.92 Å². The van der Waals surface area contributed by atoms with E-state index in [1.165, 1.54) is 23.7 Å². The minimum atomic E-state index is -4.37. The van der Waals surface area contributed by atoms with Crippen LogP contribution >= 0.6 is 11.3 Å². The van der Waals surface area contributed by atoms with E-state index in [9.17, 15) is 22.8 Å². The Morgan fingerprint density at radius 1 is 1.24 bits per heavy atom. The summed E-state index contributed by atoms with van der Waals surface area (Å²) in [7, 11) is 1.60. The number of likely N-dealkylation sites (N-methyl/N-ethyl adjacent to an activating group) is 1. The number of alkyl halides is 3. The maximum absolute atomic E-state index is 12.7. The van der Waals surface area contributed by atoms with Crippen molar-refractivity contribution in [2.45, 2.75) is 33.1 Å². The van der Waals surface area contributed by atoms with Gasteiger partial charge in [0.1, 0.15) is 17.4 Å². The van der Waals surface area contributed by atoms with Gasteiger partial charge in [-0.25, -0.2) is 9.78 Å². The fourth-order valence-electron chi connectivity index (χ4n) is 3.45. The Hall–Kier alpha value is -3.18. The first-order valence-corrected chi connectivity index (χ1v) is 11.3. The number of hydrogen-bond donors (Lipinski definition) is 1. The zero-order chi connectivity index (χ0) is 24.9. The minimum absolute atomic E-state index is 0.0416. The van der Waals surface area contributed by atoms with Crippen molar-refractivity contribution in [3.8, 4) is 10.4 Å². The van der Waals surface area contributed by atoms with E-state index in [1.807, 2.05) is 30.3 Å². The highest BCUT2D eigenvalue weighted by Gasteiger charge is 2.29. The van der Waals surface area contributed by atoms with Gasteiger partial charge in [0.25, 0.3) is 0 Å². The maximum atomic E-state index is 12.7. The lowest BCUT2D eigenvalue weighted by Gasteiger charge is -2.17. The lowest BCUT2D eigenvalue weighted by molar-refractivity contribution is -0.141. The molecule has 34 heavy (non-hydrogen) atoms. The summed E-state index contributed by atoms with van der Waals surface area (Å²) in [5.74, 6) is -0.753. The normalized spacial score (nSPS) is 11.6. The van der Waals surface area contributed by atoms with Crippen LogP contribution in [-0.2, 0) is 22.6 Å². The molecule has 0 fully saturated rings. The highest BCUT2D eigenvalue weighted by Crippen LogP contribution is 2.40. The van der Waals surface area contributed by atoms with E-state index in [-0.39, 0.29) is 25.5 Å². The van der Waals surface area contributed by atoms with Crippen molar-refractivity contribution in [3.63, 3.8) is 0 Å². The van der Waals surface area contributed by atoms with E-state index < -0.39 is 24.6 Å². The molecular formula is C23H25F3N4O3S. The van der Waals surface area contributed by atoms with Crippen LogP contribution < -0.4 is 5.32 Å². The van der Waals surface area contributed by atoms with Crippen molar-refractivity contribution in [3.05, 3.63) is 59.7 Å². The zero-order valence-corrected chi connectivity index (χ0v) is 19.8. The smallest absolute Gasteiger partial charge is 0.406 e. The van der Waals surface area contributed by atoms with Crippen LogP contribution in [0.1, 0.15) is 28.7 Å². The third kappa shape index (κ3) is 6.45. The number of rotatable bonds is 9. The molecule has 11 heteroatoms. The average Bonchev–Trinajstić information content (AvgIpc) is 3.30. The summed E-state index contributed by atoms with van der Waals surface area (Å²) >= 11 is 1.27. The Morgan fingerprint density at radius 2 is 1.94 bits per heavy atom. The second-order valence-corrected chi connectivity index (χ2v) is 8.67. The van der Waals surface area contributed by atoms with Crippen molar-refractivity contribution in [1.29, 1.82) is 0 Å². The van der Waals surface area contributed by atoms with E-state index in [2.05, 4.69) is 10.3 Å². The van der Waals surface area contributed by atoms with Gasteiger partial charge in [-0.3, -0.25) is 9.69 Å². The third-order valence-corrected chi connectivity index (χ3v) is 6.15. The highest BCUT2D eigenvalue weighted by molar-refractivity contribution is 7.20. The first kappa shape index (κ1) is 25.4. The van der Waals surface area contributed by atoms with E-state index in [0.717, 1.165) is 15.0 Å². The van der Waals surface area contributed by atoms with Gasteiger partial charge in [-0.05, 0) is 32.0 Å². The van der Waals surface area contributed by atoms with Crippen molar-refractivity contribution in [2.24, 2.45) is 0 Å². The Balaban J connectivity index is 1.75. The zero-order valence-electron chi connectivity index (χ0n) is 19.0. The molecule has 3 rings (SSSR count). The Kier molecular flexibility index (Phi) is 8.11. The number of nitrogens with one attached hydrogen (secondary N) is 1. The second kappa shape index (κ2) is 10.8. The fraction of sp³-hybridized carbons (Fsp3) is 0.348. The second-order valence-electron chi connectivity index (χ2n) is 7.65. The number of nitrogens with zero attached hydrogens (tertiary/aromatic N) is 3. The standard InChI is InChI=1S/C23H25F3N4O3S/c1-4-33-22(32)19-15(2)20(16-8-6-5-7-9-16)34-21(19)28-18(31)13-29(3)12-17-27-10-11-30(17)14-23(24,25)26/h5-11H,4,12-14H2,1-3H3,(H,28,31). The van der Waals surface area contributed by atoms with Crippen molar-refractivity contribution in [2.75, 3.05) is 25.5 Å². The fourth-order valence-corrected chi connectivity index (χ4v) is 4.67. The number of carbonyl (C=O) groups excluding carboxylic acids is 2. The number of ether oxygens (including phenoxy) is 1. The number of benzene rings is 1. The molecule has 1 aromatic carbocycles. The first-order valence-electron chi connectivity index (χ1n) is 10.5. The summed E-state index contributed by atoms with van der Waals surface area (Å²) in [6.07, 6.45) is -1.83. The summed E-state index contributed by atoms with van der Waals surface area (Å²) in [6.45, 7) is 2.47. The number of thiophene rings is 1. The molecule has 0 saturated carbocycles. The highest BCUT2D eigenvalue weighted by atomic mass is 32.1. The molecule has 182 valence electrons. The van der Waals surface area contributed by atoms with Crippen LogP contribution in [0.15, 0.2) is 42.7 Å². The minimum Gasteiger partial charge on any atom is -0.462 e. The molecule has 0 spiro atoms. The molecule has 0 radical (unpaired) electrons. The van der Waals surface area contributed by atoms with Crippen LogP contribution in [0.2, 0.25) is 0 Å². The topological polar surface area (TPSA) is 76.5 Å². The predicted molar refractivity (Wildman–Crippen MR) is 124 cm³/mol. The van der Waals surface area contributed by atoms with E-state index >= 15 is 0 Å². The number of imidazole rings is 1. The SMILES string of the molecule is CCOC(=O)c1c(NC(=O)CN(C)Cc2nccn2CC(F)(F)F)sc(-c2ccccc2)c1C. The molecule has 2 aromatic heterocycles. The molecule has 7 nitrogen and oxygen atoms in total. The van der Waals surface area contributed by atoms with Gasteiger partial charge in [-0.15, -0.1) is 11.3 Å². The molecule has 0 aliphatic heterocycles. The van der Waals surface area contributed by atoms with Crippen LogP contribution in [0.5, 0.6) is 0 Å². The molecule has 0 saturated heterocycles. The molecule has 0 unspecified atom stereocenters. The van der Waals surface area contributed by atoms with Gasteiger partial charge < -0.3 is 14.6 Å². The van der Waals surface area contributed by atoms with Gasteiger partial charge in [0.2, 0.25) is 5.91 Å². The van der Waals surface area contributed by atoms with Crippen LogP contribution in [0.3, 0.4) is 0 Å². The van der Waals surface area contributed by atoms with Gasteiger partial charge in [0.15, 0.2) is 0 Å². The van der Waals surface area contributed by atoms with Crippen LogP contribution in [0.25, 0.3) is 10.4 Å². The molecule has 2 heterocycles. The quantitative estimate of drug-likeness (QED) is 0.436. The molecule has 1 N–H and O–H groups in total. The van der Waals surface area contributed by atoms with Gasteiger partial charge in [0, 0.05) is 17.3 Å². The summed E-state index contributed by atoms with van der Waals surface area (Å²) in [4.78, 5) is 31.7. The van der Waals surface area contributed by atoms with E-state index in [1.54, 1.807) is 25.8 Å².